The summed E-state index contributed by atoms with van der Waals surface area (Å²) in [6.07, 6.45) is 4.80. The fourth-order valence-corrected chi connectivity index (χ4v) is 1.23. The molecule has 16 heavy (non-hydrogen) atoms. The standard InChI is InChI=1S/C11H19N3O2/c1-2-3-6-16-7-4-5-12-10-8-11(15)14-13-9-10/h8-9H,2-7H2,1H3,(H2,12,14,15). The van der Waals surface area contributed by atoms with Crippen molar-refractivity contribution in [3.05, 3.63) is 22.6 Å². The molecule has 0 bridgehead atoms. The molecule has 5 heteroatoms. The van der Waals surface area contributed by atoms with Crippen LogP contribution in [0, 0.1) is 0 Å². The first-order valence-electron chi connectivity index (χ1n) is 5.69. The molecule has 1 heterocycles. The Morgan fingerprint density at radius 1 is 1.44 bits per heavy atom. The zero-order valence-electron chi connectivity index (χ0n) is 9.66. The van der Waals surface area contributed by atoms with Crippen molar-refractivity contribution < 1.29 is 4.74 Å². The molecular weight excluding hydrogens is 206 g/mol. The van der Waals surface area contributed by atoms with Crippen molar-refractivity contribution in [2.45, 2.75) is 26.2 Å². The van der Waals surface area contributed by atoms with E-state index in [1.54, 1.807) is 6.20 Å². The Balaban J connectivity index is 2.05. The Kier molecular flexibility index (Phi) is 6.25. The van der Waals surface area contributed by atoms with Gasteiger partial charge in [0, 0.05) is 25.8 Å². The molecule has 1 aromatic rings. The average Bonchev–Trinajstić information content (AvgIpc) is 2.28. The van der Waals surface area contributed by atoms with Crippen LogP contribution in [0.15, 0.2) is 17.1 Å². The van der Waals surface area contributed by atoms with E-state index >= 15 is 0 Å². The lowest BCUT2D eigenvalue weighted by Crippen LogP contribution is -2.11. The summed E-state index contributed by atoms with van der Waals surface area (Å²) < 4.78 is 5.41. The second kappa shape index (κ2) is 7.87. The predicted molar refractivity (Wildman–Crippen MR) is 63.7 cm³/mol. The smallest absolute Gasteiger partial charge is 0.266 e. The first-order valence-corrected chi connectivity index (χ1v) is 5.69. The molecule has 90 valence electrons. The summed E-state index contributed by atoms with van der Waals surface area (Å²) in [6, 6.07) is 1.49. The maximum atomic E-state index is 10.9. The number of ether oxygens (including phenoxy) is 1. The lowest BCUT2D eigenvalue weighted by molar-refractivity contribution is 0.131. The topological polar surface area (TPSA) is 67.0 Å². The normalized spacial score (nSPS) is 10.3. The fraction of sp³-hybridized carbons (Fsp3) is 0.636. The van der Waals surface area contributed by atoms with Crippen LogP contribution in [0.2, 0.25) is 0 Å². The van der Waals surface area contributed by atoms with Crippen LogP contribution in [0.1, 0.15) is 26.2 Å². The summed E-state index contributed by atoms with van der Waals surface area (Å²) in [4.78, 5) is 10.9. The summed E-state index contributed by atoms with van der Waals surface area (Å²) in [7, 11) is 0. The van der Waals surface area contributed by atoms with Gasteiger partial charge in [-0.15, -0.1) is 0 Å². The van der Waals surface area contributed by atoms with E-state index < -0.39 is 0 Å². The number of hydrogen-bond donors (Lipinski definition) is 2. The lowest BCUT2D eigenvalue weighted by atomic mass is 10.3. The van der Waals surface area contributed by atoms with Crippen LogP contribution in [-0.4, -0.2) is 30.0 Å². The van der Waals surface area contributed by atoms with Crippen LogP contribution in [0.4, 0.5) is 5.69 Å². The second-order valence-electron chi connectivity index (χ2n) is 3.58. The highest BCUT2D eigenvalue weighted by molar-refractivity contribution is 5.38. The highest BCUT2D eigenvalue weighted by Gasteiger charge is 1.93. The van der Waals surface area contributed by atoms with Gasteiger partial charge >= 0.3 is 0 Å². The van der Waals surface area contributed by atoms with Crippen LogP contribution in [0.3, 0.4) is 0 Å². The summed E-state index contributed by atoms with van der Waals surface area (Å²) in [6.45, 7) is 4.52. The quantitative estimate of drug-likeness (QED) is 0.656. The van der Waals surface area contributed by atoms with Gasteiger partial charge in [0.2, 0.25) is 0 Å². The summed E-state index contributed by atoms with van der Waals surface area (Å²) in [5.74, 6) is 0. The van der Waals surface area contributed by atoms with E-state index in [0.29, 0.717) is 0 Å². The molecule has 0 saturated carbocycles. The van der Waals surface area contributed by atoms with E-state index in [0.717, 1.165) is 44.7 Å². The van der Waals surface area contributed by atoms with Crippen molar-refractivity contribution in [1.29, 1.82) is 0 Å². The van der Waals surface area contributed by atoms with Crippen LogP contribution in [0.25, 0.3) is 0 Å². The molecule has 0 unspecified atom stereocenters. The molecule has 0 aliphatic carbocycles. The van der Waals surface area contributed by atoms with Gasteiger partial charge in [-0.3, -0.25) is 4.79 Å². The Bertz CT molecular complexity index is 338. The van der Waals surface area contributed by atoms with Crippen LogP contribution < -0.4 is 10.9 Å². The Morgan fingerprint density at radius 2 is 2.25 bits per heavy atom. The number of nitrogens with one attached hydrogen (secondary N) is 2. The highest BCUT2D eigenvalue weighted by Crippen LogP contribution is 1.98. The minimum absolute atomic E-state index is 0.191. The van der Waals surface area contributed by atoms with E-state index in [2.05, 4.69) is 22.4 Å². The SMILES string of the molecule is CCCCOCCCNc1cn[nH]c(=O)c1. The van der Waals surface area contributed by atoms with Gasteiger partial charge in [0.15, 0.2) is 0 Å². The molecule has 1 rings (SSSR count). The molecule has 5 nitrogen and oxygen atoms in total. The van der Waals surface area contributed by atoms with E-state index in [1.807, 2.05) is 0 Å². The van der Waals surface area contributed by atoms with Gasteiger partial charge in [-0.1, -0.05) is 13.3 Å². The molecule has 0 amide bonds. The minimum Gasteiger partial charge on any atom is -0.383 e. The Hall–Kier alpha value is -1.36. The molecule has 0 aliphatic rings. The average molecular weight is 225 g/mol. The van der Waals surface area contributed by atoms with Crippen molar-refractivity contribution in [1.82, 2.24) is 10.2 Å². The highest BCUT2D eigenvalue weighted by atomic mass is 16.5. The molecule has 0 fully saturated rings. The van der Waals surface area contributed by atoms with Crippen LogP contribution in [-0.2, 0) is 4.74 Å². The third-order valence-electron chi connectivity index (χ3n) is 2.10. The molecule has 1 aromatic heterocycles. The molecular formula is C11H19N3O2. The first kappa shape index (κ1) is 12.7. The van der Waals surface area contributed by atoms with Crippen LogP contribution in [0.5, 0.6) is 0 Å². The third kappa shape index (κ3) is 5.50. The van der Waals surface area contributed by atoms with Gasteiger partial charge in [0.05, 0.1) is 11.9 Å². The third-order valence-corrected chi connectivity index (χ3v) is 2.10. The van der Waals surface area contributed by atoms with Gasteiger partial charge in [-0.05, 0) is 12.8 Å². The maximum absolute atomic E-state index is 10.9. The van der Waals surface area contributed by atoms with E-state index in [1.165, 1.54) is 6.07 Å². The van der Waals surface area contributed by atoms with Crippen molar-refractivity contribution >= 4 is 5.69 Å². The van der Waals surface area contributed by atoms with Crippen molar-refractivity contribution in [3.63, 3.8) is 0 Å². The molecule has 0 saturated heterocycles. The molecule has 0 radical (unpaired) electrons. The van der Waals surface area contributed by atoms with E-state index in [9.17, 15) is 4.79 Å². The Labute approximate surface area is 95.2 Å². The molecule has 0 aromatic carbocycles. The Morgan fingerprint density at radius 3 is 3.00 bits per heavy atom. The first-order chi connectivity index (χ1) is 7.83. The molecule has 0 aliphatic heterocycles. The lowest BCUT2D eigenvalue weighted by Gasteiger charge is -2.05. The monoisotopic (exact) mass is 225 g/mol. The van der Waals surface area contributed by atoms with Gasteiger partial charge in [0.25, 0.3) is 5.56 Å². The second-order valence-corrected chi connectivity index (χ2v) is 3.58. The van der Waals surface area contributed by atoms with E-state index in [4.69, 9.17) is 4.74 Å². The predicted octanol–water partition coefficient (Wildman–Crippen LogP) is 1.39. The van der Waals surface area contributed by atoms with E-state index in [-0.39, 0.29) is 5.56 Å². The van der Waals surface area contributed by atoms with Gasteiger partial charge in [-0.2, -0.15) is 5.10 Å². The number of unbranched alkanes of at least 4 members (excludes halogenated alkanes) is 1. The number of aromatic nitrogens is 2. The largest absolute Gasteiger partial charge is 0.383 e. The number of hydrogen-bond acceptors (Lipinski definition) is 4. The maximum Gasteiger partial charge on any atom is 0.266 e. The van der Waals surface area contributed by atoms with Crippen molar-refractivity contribution in [2.75, 3.05) is 25.1 Å². The number of nitrogens with zero attached hydrogens (tertiary/aromatic N) is 1. The zero-order chi connectivity index (χ0) is 11.6. The summed E-state index contributed by atoms with van der Waals surface area (Å²) in [5.41, 5.74) is 0.557. The van der Waals surface area contributed by atoms with Gasteiger partial charge in [0.1, 0.15) is 0 Å². The zero-order valence-corrected chi connectivity index (χ0v) is 9.66. The number of H-pyrrole nitrogens is 1. The minimum atomic E-state index is -0.191. The molecule has 2 N–H and O–H groups in total. The number of aromatic amines is 1. The van der Waals surface area contributed by atoms with Crippen molar-refractivity contribution in [3.8, 4) is 0 Å². The summed E-state index contributed by atoms with van der Waals surface area (Å²) in [5, 5.41) is 9.13. The molecule has 0 spiro atoms. The fourth-order valence-electron chi connectivity index (χ4n) is 1.23. The van der Waals surface area contributed by atoms with Gasteiger partial charge < -0.3 is 10.1 Å². The van der Waals surface area contributed by atoms with Gasteiger partial charge in [-0.25, -0.2) is 5.10 Å². The van der Waals surface area contributed by atoms with Crippen molar-refractivity contribution in [2.24, 2.45) is 0 Å². The summed E-state index contributed by atoms with van der Waals surface area (Å²) >= 11 is 0. The number of anilines is 1. The number of rotatable bonds is 8. The van der Waals surface area contributed by atoms with Crippen LogP contribution >= 0.6 is 0 Å². The molecule has 0 atom stereocenters.